The van der Waals surface area contributed by atoms with Crippen LogP contribution in [-0.2, 0) is 22.9 Å². The highest BCUT2D eigenvalue weighted by Gasteiger charge is 2.22. The Kier molecular flexibility index (Phi) is 5.66. The highest BCUT2D eigenvalue weighted by Crippen LogP contribution is 2.29. The summed E-state index contributed by atoms with van der Waals surface area (Å²) in [5, 5.41) is 7.65. The van der Waals surface area contributed by atoms with E-state index in [2.05, 4.69) is 43.9 Å². The molecular weight excluding hydrogens is 398 g/mol. The number of fused-ring (bicyclic) bond motifs is 2. The van der Waals surface area contributed by atoms with E-state index in [0.717, 1.165) is 32.1 Å². The second kappa shape index (κ2) is 8.19. The van der Waals surface area contributed by atoms with Gasteiger partial charge >= 0.3 is 0 Å². The predicted octanol–water partition coefficient (Wildman–Crippen LogP) is 4.13. The average Bonchev–Trinajstić information content (AvgIpc) is 3.18. The third kappa shape index (κ3) is 4.06. The fraction of sp³-hybridized carbons (Fsp3) is 0.400. The van der Waals surface area contributed by atoms with Crippen LogP contribution in [0.4, 0.5) is 0 Å². The highest BCUT2D eigenvalue weighted by atomic mass is 35.5. The number of hydrogen-bond donors (Lipinski definition) is 1. The maximum Gasteiger partial charge on any atom is 0.242 e. The Hall–Kier alpha value is -1.96. The van der Waals surface area contributed by atoms with Gasteiger partial charge in [0.25, 0.3) is 0 Å². The van der Waals surface area contributed by atoms with Gasteiger partial charge in [-0.3, -0.25) is 0 Å². The summed E-state index contributed by atoms with van der Waals surface area (Å²) in [5.74, 6) is 0.684. The second-order valence-electron chi connectivity index (χ2n) is 7.28. The summed E-state index contributed by atoms with van der Waals surface area (Å²) in [6.45, 7) is 0.390. The molecule has 3 aromatic rings. The van der Waals surface area contributed by atoms with Crippen molar-refractivity contribution >= 4 is 32.7 Å². The van der Waals surface area contributed by atoms with Crippen LogP contribution in [-0.4, -0.2) is 25.3 Å². The second-order valence-corrected chi connectivity index (χ2v) is 9.42. The zero-order valence-electron chi connectivity index (χ0n) is 15.4. The van der Waals surface area contributed by atoms with E-state index in [1.54, 1.807) is 0 Å². The highest BCUT2D eigenvalue weighted by molar-refractivity contribution is 7.89. The molecule has 8 heteroatoms. The summed E-state index contributed by atoms with van der Waals surface area (Å²) < 4.78 is 32.5. The quantitative estimate of drug-likeness (QED) is 0.582. The van der Waals surface area contributed by atoms with E-state index in [0.29, 0.717) is 17.5 Å². The van der Waals surface area contributed by atoms with Crippen molar-refractivity contribution in [3.63, 3.8) is 0 Å². The summed E-state index contributed by atoms with van der Waals surface area (Å²) in [6.07, 6.45) is 6.40. The lowest BCUT2D eigenvalue weighted by atomic mass is 9.81. The van der Waals surface area contributed by atoms with Gasteiger partial charge in [-0.05, 0) is 65.2 Å². The molecule has 6 nitrogen and oxygen atoms in total. The first-order chi connectivity index (χ1) is 13.5. The Labute approximate surface area is 169 Å². The van der Waals surface area contributed by atoms with Crippen molar-refractivity contribution in [1.82, 2.24) is 15.0 Å². The molecule has 2 aromatic carbocycles. The maximum atomic E-state index is 12.6. The van der Waals surface area contributed by atoms with Crippen LogP contribution >= 0.6 is 11.6 Å². The number of sulfonamides is 1. The normalized spacial score (nSPS) is 17.0. The van der Waals surface area contributed by atoms with E-state index >= 15 is 0 Å². The standard InChI is InChI=1S/C20H22ClN3O3S/c21-17-10-11-18(20-19(17)23-27-24-20)28(25,26)22-12-4-3-5-14-8-9-15-6-1-2-7-16(15)13-14/h1-2,6-7,10-11,14,22H,3-5,8-9,12-13H2. The fourth-order valence-corrected chi connectivity index (χ4v) is 5.28. The van der Waals surface area contributed by atoms with E-state index in [-0.39, 0.29) is 15.9 Å². The minimum absolute atomic E-state index is 0.0389. The first-order valence-corrected chi connectivity index (χ1v) is 11.4. The molecule has 0 spiro atoms. The molecule has 0 radical (unpaired) electrons. The topological polar surface area (TPSA) is 85.1 Å². The molecule has 1 aliphatic carbocycles. The van der Waals surface area contributed by atoms with E-state index in [1.165, 1.54) is 29.7 Å². The molecule has 0 fully saturated rings. The van der Waals surface area contributed by atoms with Crippen molar-refractivity contribution in [2.45, 2.75) is 43.4 Å². The Morgan fingerprint density at radius 2 is 1.86 bits per heavy atom. The van der Waals surface area contributed by atoms with Crippen LogP contribution in [0.3, 0.4) is 0 Å². The van der Waals surface area contributed by atoms with E-state index in [1.807, 2.05) is 0 Å². The molecule has 1 atom stereocenters. The predicted molar refractivity (Wildman–Crippen MR) is 108 cm³/mol. The van der Waals surface area contributed by atoms with Crippen LogP contribution in [0.1, 0.15) is 36.8 Å². The first-order valence-electron chi connectivity index (χ1n) is 9.52. The number of hydrogen-bond acceptors (Lipinski definition) is 5. The van der Waals surface area contributed by atoms with Crippen molar-refractivity contribution in [3.8, 4) is 0 Å². The van der Waals surface area contributed by atoms with Crippen LogP contribution in [0, 0.1) is 5.92 Å². The summed E-state index contributed by atoms with van der Waals surface area (Å²) in [5.41, 5.74) is 3.35. The smallest absolute Gasteiger partial charge is 0.242 e. The molecule has 0 bridgehead atoms. The minimum Gasteiger partial charge on any atom is -0.243 e. The Morgan fingerprint density at radius 3 is 2.71 bits per heavy atom. The largest absolute Gasteiger partial charge is 0.243 e. The number of unbranched alkanes of at least 4 members (excludes halogenated alkanes) is 1. The molecule has 0 aliphatic heterocycles. The van der Waals surface area contributed by atoms with Crippen LogP contribution < -0.4 is 4.72 Å². The molecule has 1 aromatic heterocycles. The number of nitrogens with one attached hydrogen (secondary N) is 1. The summed E-state index contributed by atoms with van der Waals surface area (Å²) in [7, 11) is -3.69. The van der Waals surface area contributed by atoms with Gasteiger partial charge in [-0.1, -0.05) is 48.7 Å². The van der Waals surface area contributed by atoms with Crippen molar-refractivity contribution in [1.29, 1.82) is 0 Å². The zero-order chi connectivity index (χ0) is 19.6. The van der Waals surface area contributed by atoms with Gasteiger partial charge in [0.2, 0.25) is 10.0 Å². The molecule has 1 unspecified atom stereocenters. The molecule has 4 rings (SSSR count). The average molecular weight is 420 g/mol. The first kappa shape index (κ1) is 19.4. The SMILES string of the molecule is O=S(=O)(NCCCCC1CCc2ccccc2C1)c1ccc(Cl)c2nonc12. The monoisotopic (exact) mass is 419 g/mol. The number of nitrogens with zero attached hydrogens (tertiary/aromatic N) is 2. The van der Waals surface area contributed by atoms with Gasteiger partial charge in [0.05, 0.1) is 5.02 Å². The lowest BCUT2D eigenvalue weighted by molar-refractivity contribution is 0.315. The van der Waals surface area contributed by atoms with Gasteiger partial charge in [0, 0.05) is 6.54 Å². The molecule has 1 N–H and O–H groups in total. The summed E-state index contributed by atoms with van der Waals surface area (Å²) >= 11 is 5.99. The molecule has 1 heterocycles. The summed E-state index contributed by atoms with van der Waals surface area (Å²) in [4.78, 5) is 0.0389. The number of rotatable bonds is 7. The Morgan fingerprint density at radius 1 is 1.07 bits per heavy atom. The Balaban J connectivity index is 1.28. The van der Waals surface area contributed by atoms with Crippen LogP contribution in [0.2, 0.25) is 5.02 Å². The molecule has 0 amide bonds. The van der Waals surface area contributed by atoms with Crippen molar-refractivity contribution in [2.75, 3.05) is 6.54 Å². The third-order valence-electron chi connectivity index (χ3n) is 5.40. The van der Waals surface area contributed by atoms with Crippen LogP contribution in [0.15, 0.2) is 45.9 Å². The maximum absolute atomic E-state index is 12.6. The molecule has 0 saturated carbocycles. The van der Waals surface area contributed by atoms with Crippen LogP contribution in [0.5, 0.6) is 0 Å². The van der Waals surface area contributed by atoms with Gasteiger partial charge in [0.15, 0.2) is 11.0 Å². The van der Waals surface area contributed by atoms with E-state index < -0.39 is 10.0 Å². The van der Waals surface area contributed by atoms with Gasteiger partial charge in [-0.2, -0.15) is 0 Å². The number of halogens is 1. The number of aryl methyl sites for hydroxylation is 1. The van der Waals surface area contributed by atoms with Gasteiger partial charge in [-0.15, -0.1) is 0 Å². The van der Waals surface area contributed by atoms with Crippen molar-refractivity contribution < 1.29 is 13.0 Å². The van der Waals surface area contributed by atoms with E-state index in [9.17, 15) is 8.42 Å². The fourth-order valence-electron chi connectivity index (χ4n) is 3.89. The lowest BCUT2D eigenvalue weighted by Crippen LogP contribution is -2.25. The molecule has 28 heavy (non-hydrogen) atoms. The van der Waals surface area contributed by atoms with Gasteiger partial charge < -0.3 is 0 Å². The minimum atomic E-state index is -3.69. The lowest BCUT2D eigenvalue weighted by Gasteiger charge is -2.24. The molecular formula is C20H22ClN3O3S. The van der Waals surface area contributed by atoms with Gasteiger partial charge in [-0.25, -0.2) is 17.8 Å². The molecule has 1 aliphatic rings. The van der Waals surface area contributed by atoms with E-state index in [4.69, 9.17) is 11.6 Å². The van der Waals surface area contributed by atoms with Crippen molar-refractivity contribution in [3.05, 3.63) is 52.5 Å². The summed E-state index contributed by atoms with van der Waals surface area (Å²) in [6, 6.07) is 11.6. The number of aromatic nitrogens is 2. The van der Waals surface area contributed by atoms with Crippen LogP contribution in [0.25, 0.3) is 11.0 Å². The van der Waals surface area contributed by atoms with Gasteiger partial charge in [0.1, 0.15) is 4.90 Å². The molecule has 148 valence electrons. The zero-order valence-corrected chi connectivity index (χ0v) is 17.0. The molecule has 0 saturated heterocycles. The van der Waals surface area contributed by atoms with Crippen molar-refractivity contribution in [2.24, 2.45) is 5.92 Å². The number of benzene rings is 2. The third-order valence-corrected chi connectivity index (χ3v) is 7.20. The Bertz CT molecular complexity index is 1080.